The van der Waals surface area contributed by atoms with Crippen molar-refractivity contribution < 1.29 is 19.0 Å². The van der Waals surface area contributed by atoms with Crippen LogP contribution in [0, 0.1) is 0 Å². The number of nitrogens with one attached hydrogen (secondary N) is 2. The summed E-state index contributed by atoms with van der Waals surface area (Å²) in [5, 5.41) is 22.3. The SMILES string of the molecule is CCOc1ccc(-c2c(C(=O)N/N=C(/C)c3cccc(NC(C)=O)c3)nnn2-c2nonc2N)cc1. The van der Waals surface area contributed by atoms with E-state index in [4.69, 9.17) is 15.1 Å². The maximum Gasteiger partial charge on any atom is 0.294 e. The van der Waals surface area contributed by atoms with Crippen LogP contribution in [0.5, 0.6) is 5.75 Å². The van der Waals surface area contributed by atoms with Crippen LogP contribution in [0.1, 0.15) is 36.8 Å². The molecule has 0 saturated carbocycles. The Balaban J connectivity index is 1.66. The molecule has 0 radical (unpaired) electrons. The number of hydrogen-bond acceptors (Lipinski definition) is 10. The van der Waals surface area contributed by atoms with Gasteiger partial charge >= 0.3 is 0 Å². The minimum atomic E-state index is -0.613. The molecule has 4 rings (SSSR count). The lowest BCUT2D eigenvalue weighted by molar-refractivity contribution is -0.114. The van der Waals surface area contributed by atoms with Crippen molar-refractivity contribution in [1.82, 2.24) is 30.7 Å². The topological polar surface area (TPSA) is 175 Å². The number of carbonyl (C=O) groups excluding carboxylic acids is 2. The van der Waals surface area contributed by atoms with E-state index < -0.39 is 5.91 Å². The third-order valence-electron chi connectivity index (χ3n) is 4.95. The fourth-order valence-electron chi connectivity index (χ4n) is 3.33. The molecule has 4 N–H and O–H groups in total. The molecule has 0 spiro atoms. The fourth-order valence-corrected chi connectivity index (χ4v) is 3.33. The zero-order valence-electron chi connectivity index (χ0n) is 19.7. The Bertz CT molecular complexity index is 1420. The highest BCUT2D eigenvalue weighted by Gasteiger charge is 2.25. The number of carbonyl (C=O) groups is 2. The van der Waals surface area contributed by atoms with Gasteiger partial charge in [0.15, 0.2) is 5.69 Å². The molecule has 0 unspecified atom stereocenters. The van der Waals surface area contributed by atoms with Crippen LogP contribution in [0.25, 0.3) is 17.1 Å². The lowest BCUT2D eigenvalue weighted by atomic mass is 10.1. The van der Waals surface area contributed by atoms with Gasteiger partial charge in [0.2, 0.25) is 17.5 Å². The second kappa shape index (κ2) is 10.5. The summed E-state index contributed by atoms with van der Waals surface area (Å²) in [5.41, 5.74) is 11.1. The molecule has 0 aliphatic carbocycles. The highest BCUT2D eigenvalue weighted by molar-refractivity contribution is 6.03. The number of benzene rings is 2. The first-order valence-electron chi connectivity index (χ1n) is 10.9. The Morgan fingerprint density at radius 2 is 1.92 bits per heavy atom. The quantitative estimate of drug-likeness (QED) is 0.248. The predicted octanol–water partition coefficient (Wildman–Crippen LogP) is 2.41. The van der Waals surface area contributed by atoms with Crippen molar-refractivity contribution in [3.63, 3.8) is 0 Å². The minimum absolute atomic E-state index is 0.0213. The molecule has 2 aromatic heterocycles. The molecule has 0 saturated heterocycles. The number of nitrogens with zero attached hydrogens (tertiary/aromatic N) is 6. The Kier molecular flexibility index (Phi) is 6.99. The molecule has 2 amide bonds. The van der Waals surface area contributed by atoms with Gasteiger partial charge in [-0.1, -0.05) is 17.3 Å². The average Bonchev–Trinajstić information content (AvgIpc) is 3.49. The smallest absolute Gasteiger partial charge is 0.294 e. The number of hydrazone groups is 1. The lowest BCUT2D eigenvalue weighted by Gasteiger charge is -2.08. The van der Waals surface area contributed by atoms with Crippen LogP contribution in [0.2, 0.25) is 0 Å². The van der Waals surface area contributed by atoms with Crippen molar-refractivity contribution >= 4 is 29.0 Å². The summed E-state index contributed by atoms with van der Waals surface area (Å²) < 4.78 is 11.5. The largest absolute Gasteiger partial charge is 0.494 e. The lowest BCUT2D eigenvalue weighted by Crippen LogP contribution is -2.21. The zero-order chi connectivity index (χ0) is 25.7. The molecule has 0 aliphatic heterocycles. The van der Waals surface area contributed by atoms with E-state index in [1.165, 1.54) is 11.6 Å². The van der Waals surface area contributed by atoms with Crippen molar-refractivity contribution in [3.8, 4) is 22.8 Å². The van der Waals surface area contributed by atoms with Crippen molar-refractivity contribution in [3.05, 3.63) is 59.8 Å². The van der Waals surface area contributed by atoms with Crippen LogP contribution in [0.3, 0.4) is 0 Å². The summed E-state index contributed by atoms with van der Waals surface area (Å²) in [5.74, 6) is -0.0806. The van der Waals surface area contributed by atoms with Gasteiger partial charge in [0.25, 0.3) is 5.91 Å². The molecule has 4 aromatic rings. The number of rotatable bonds is 8. The van der Waals surface area contributed by atoms with Gasteiger partial charge < -0.3 is 15.8 Å². The normalized spacial score (nSPS) is 11.2. The molecule has 13 nitrogen and oxygen atoms in total. The third-order valence-corrected chi connectivity index (χ3v) is 4.95. The van der Waals surface area contributed by atoms with Crippen LogP contribution in [0.15, 0.2) is 58.3 Å². The Morgan fingerprint density at radius 1 is 1.14 bits per heavy atom. The average molecular weight is 489 g/mol. The van der Waals surface area contributed by atoms with Gasteiger partial charge in [0.1, 0.15) is 11.4 Å². The van der Waals surface area contributed by atoms with Gasteiger partial charge in [-0.15, -0.1) is 5.10 Å². The maximum atomic E-state index is 13.1. The Labute approximate surface area is 205 Å². The van der Waals surface area contributed by atoms with Crippen molar-refractivity contribution in [2.24, 2.45) is 5.10 Å². The zero-order valence-corrected chi connectivity index (χ0v) is 19.7. The summed E-state index contributed by atoms with van der Waals surface area (Å²) in [4.78, 5) is 24.5. The molecule has 2 aromatic carbocycles. The molecule has 0 fully saturated rings. The molecular weight excluding hydrogens is 466 g/mol. The van der Waals surface area contributed by atoms with E-state index in [9.17, 15) is 9.59 Å². The number of ether oxygens (including phenoxy) is 1. The molecule has 0 atom stereocenters. The van der Waals surface area contributed by atoms with Crippen LogP contribution >= 0.6 is 0 Å². The predicted molar refractivity (Wildman–Crippen MR) is 131 cm³/mol. The van der Waals surface area contributed by atoms with E-state index in [1.807, 2.05) is 6.92 Å². The summed E-state index contributed by atoms with van der Waals surface area (Å²) in [6, 6.07) is 14.1. The fraction of sp³-hybridized carbons (Fsp3) is 0.174. The standard InChI is InChI=1S/C23H23N9O4/c1-4-35-18-10-8-15(9-11-18)20-19(27-31-32(20)22-21(24)29-36-30-22)23(34)28-26-13(2)16-6-5-7-17(12-16)25-14(3)33/h5-12H,4H2,1-3H3,(H2,24,29)(H,25,33)(H,28,34)/b26-13-. The molecule has 184 valence electrons. The second-order valence-corrected chi connectivity index (χ2v) is 7.53. The first-order chi connectivity index (χ1) is 17.4. The monoisotopic (exact) mass is 489 g/mol. The van der Waals surface area contributed by atoms with Crippen molar-refractivity contribution in [2.45, 2.75) is 20.8 Å². The maximum absolute atomic E-state index is 13.1. The van der Waals surface area contributed by atoms with Crippen LogP contribution < -0.4 is 21.2 Å². The minimum Gasteiger partial charge on any atom is -0.494 e. The first-order valence-corrected chi connectivity index (χ1v) is 10.9. The Hall–Kier alpha value is -5.07. The van der Waals surface area contributed by atoms with Crippen LogP contribution in [-0.4, -0.2) is 49.4 Å². The molecule has 13 heteroatoms. The van der Waals surface area contributed by atoms with E-state index >= 15 is 0 Å². The second-order valence-electron chi connectivity index (χ2n) is 7.53. The van der Waals surface area contributed by atoms with E-state index in [2.05, 4.69) is 36.5 Å². The van der Waals surface area contributed by atoms with Gasteiger partial charge in [0.05, 0.1) is 12.3 Å². The summed E-state index contributed by atoms with van der Waals surface area (Å²) in [6.07, 6.45) is 0. The number of nitrogen functional groups attached to an aromatic ring is 1. The number of hydrogen-bond donors (Lipinski definition) is 3. The van der Waals surface area contributed by atoms with E-state index in [-0.39, 0.29) is 23.2 Å². The van der Waals surface area contributed by atoms with Gasteiger partial charge in [0, 0.05) is 18.2 Å². The number of aromatic nitrogens is 5. The Morgan fingerprint density at radius 3 is 2.58 bits per heavy atom. The first kappa shape index (κ1) is 24.1. The summed E-state index contributed by atoms with van der Waals surface area (Å²) in [6.45, 7) is 5.54. The molecule has 36 heavy (non-hydrogen) atoms. The number of amides is 2. The van der Waals surface area contributed by atoms with Gasteiger partial charge in [-0.3, -0.25) is 9.59 Å². The highest BCUT2D eigenvalue weighted by atomic mass is 16.6. The van der Waals surface area contributed by atoms with Crippen molar-refractivity contribution in [2.75, 3.05) is 17.7 Å². The highest BCUT2D eigenvalue weighted by Crippen LogP contribution is 2.28. The summed E-state index contributed by atoms with van der Waals surface area (Å²) in [7, 11) is 0. The van der Waals surface area contributed by atoms with Crippen molar-refractivity contribution in [1.29, 1.82) is 0 Å². The van der Waals surface area contributed by atoms with Gasteiger partial charge in [-0.25, -0.2) is 10.1 Å². The van der Waals surface area contributed by atoms with Crippen LogP contribution in [-0.2, 0) is 4.79 Å². The molecule has 2 heterocycles. The third kappa shape index (κ3) is 5.19. The van der Waals surface area contributed by atoms with Gasteiger partial charge in [-0.05, 0) is 66.1 Å². The molecule has 0 bridgehead atoms. The molecule has 0 aliphatic rings. The number of nitrogens with two attached hydrogens (primary N) is 1. The number of anilines is 2. The van der Waals surface area contributed by atoms with Gasteiger partial charge in [-0.2, -0.15) is 9.78 Å². The summed E-state index contributed by atoms with van der Waals surface area (Å²) >= 11 is 0. The van der Waals surface area contributed by atoms with E-state index in [0.29, 0.717) is 40.6 Å². The van der Waals surface area contributed by atoms with E-state index in [0.717, 1.165) is 0 Å². The van der Waals surface area contributed by atoms with E-state index in [1.54, 1.807) is 55.5 Å². The van der Waals surface area contributed by atoms with Crippen LogP contribution in [0.4, 0.5) is 11.5 Å². The molecular formula is C23H23N9O4.